The predicted molar refractivity (Wildman–Crippen MR) is 90.2 cm³/mol. The molecular weight excluding hydrogens is 347 g/mol. The van der Waals surface area contributed by atoms with E-state index in [4.69, 9.17) is 0 Å². The number of rotatable bonds is 2. The van der Waals surface area contributed by atoms with Crippen LogP contribution in [0, 0.1) is 17.5 Å². The van der Waals surface area contributed by atoms with Crippen LogP contribution in [0.1, 0.15) is 0 Å². The predicted octanol–water partition coefficient (Wildman–Crippen LogP) is 2.39. The minimum atomic E-state index is -1.02. The highest BCUT2D eigenvalue weighted by Gasteiger charge is 2.26. The van der Waals surface area contributed by atoms with E-state index in [9.17, 15) is 22.8 Å². The van der Waals surface area contributed by atoms with Crippen molar-refractivity contribution in [1.82, 2.24) is 4.90 Å². The molecule has 1 saturated heterocycles. The molecule has 1 aliphatic heterocycles. The maximum atomic E-state index is 13.6. The van der Waals surface area contributed by atoms with E-state index >= 15 is 0 Å². The zero-order chi connectivity index (χ0) is 18.7. The lowest BCUT2D eigenvalue weighted by atomic mass is 10.2. The molecule has 3 rings (SSSR count). The monoisotopic (exact) mass is 363 g/mol. The van der Waals surface area contributed by atoms with Gasteiger partial charge in [-0.15, -0.1) is 0 Å². The summed E-state index contributed by atoms with van der Waals surface area (Å²) in [5, 5.41) is 2.10. The molecule has 1 fully saturated rings. The number of benzene rings is 2. The van der Waals surface area contributed by atoms with Gasteiger partial charge >= 0.3 is 11.8 Å². The molecule has 136 valence electrons. The number of carbonyl (C=O) groups excluding carboxylic acids is 2. The first-order valence-electron chi connectivity index (χ1n) is 8.00. The summed E-state index contributed by atoms with van der Waals surface area (Å²) in [6.45, 7) is 1.52. The Morgan fingerprint density at radius 3 is 2.12 bits per heavy atom. The molecule has 8 heteroatoms. The van der Waals surface area contributed by atoms with E-state index in [-0.39, 0.29) is 24.6 Å². The Hall–Kier alpha value is -3.03. The van der Waals surface area contributed by atoms with Crippen molar-refractivity contribution in [2.75, 3.05) is 36.4 Å². The first kappa shape index (κ1) is 17.8. The first-order chi connectivity index (χ1) is 12.4. The Kier molecular flexibility index (Phi) is 5.11. The summed E-state index contributed by atoms with van der Waals surface area (Å²) in [6, 6.07) is 8.60. The number of amides is 2. The van der Waals surface area contributed by atoms with E-state index < -0.39 is 23.4 Å². The number of nitrogens with zero attached hydrogens (tertiary/aromatic N) is 2. The van der Waals surface area contributed by atoms with E-state index in [2.05, 4.69) is 5.32 Å². The average molecular weight is 363 g/mol. The molecule has 0 aliphatic carbocycles. The van der Waals surface area contributed by atoms with Gasteiger partial charge in [-0.1, -0.05) is 0 Å². The largest absolute Gasteiger partial charge is 0.368 e. The van der Waals surface area contributed by atoms with E-state index in [1.807, 2.05) is 4.90 Å². The number of carbonyl (C=O) groups is 2. The fraction of sp³-hybridized carbons (Fsp3) is 0.222. The second-order valence-electron chi connectivity index (χ2n) is 5.83. The van der Waals surface area contributed by atoms with Gasteiger partial charge in [0.25, 0.3) is 0 Å². The zero-order valence-electron chi connectivity index (χ0n) is 13.7. The Balaban J connectivity index is 1.58. The van der Waals surface area contributed by atoms with Crippen molar-refractivity contribution in [1.29, 1.82) is 0 Å². The molecule has 0 unspecified atom stereocenters. The third-order valence-corrected chi connectivity index (χ3v) is 4.13. The standard InChI is InChI=1S/C18H16F3N3O2/c19-12-1-4-14(5-2-12)23-7-9-24(10-8-23)18(26)17(25)22-16-11-13(20)3-6-15(16)21/h1-6,11H,7-10H2,(H,22,25). The lowest BCUT2D eigenvalue weighted by Gasteiger charge is -2.35. The highest BCUT2D eigenvalue weighted by Crippen LogP contribution is 2.18. The van der Waals surface area contributed by atoms with Crippen molar-refractivity contribution in [2.45, 2.75) is 0 Å². The van der Waals surface area contributed by atoms with Gasteiger partial charge in [0.2, 0.25) is 0 Å². The molecule has 2 amide bonds. The van der Waals surface area contributed by atoms with Gasteiger partial charge in [-0.25, -0.2) is 13.2 Å². The molecule has 1 aliphatic rings. The number of hydrogen-bond acceptors (Lipinski definition) is 3. The Labute approximate surface area is 148 Å². The molecule has 0 bridgehead atoms. The summed E-state index contributed by atoms with van der Waals surface area (Å²) in [7, 11) is 0. The van der Waals surface area contributed by atoms with Crippen LogP contribution >= 0.6 is 0 Å². The lowest BCUT2D eigenvalue weighted by Crippen LogP contribution is -2.51. The zero-order valence-corrected chi connectivity index (χ0v) is 13.7. The number of halogens is 3. The van der Waals surface area contributed by atoms with Crippen LogP contribution < -0.4 is 10.2 Å². The summed E-state index contributed by atoms with van der Waals surface area (Å²) in [4.78, 5) is 27.5. The molecular formula is C18H16F3N3O2. The Morgan fingerprint density at radius 2 is 1.46 bits per heavy atom. The van der Waals surface area contributed by atoms with Crippen LogP contribution in [-0.2, 0) is 9.59 Å². The minimum Gasteiger partial charge on any atom is -0.368 e. The third kappa shape index (κ3) is 3.96. The van der Waals surface area contributed by atoms with Gasteiger partial charge in [0, 0.05) is 37.9 Å². The number of piperazine rings is 1. The second-order valence-corrected chi connectivity index (χ2v) is 5.83. The van der Waals surface area contributed by atoms with E-state index in [0.717, 1.165) is 23.9 Å². The SMILES string of the molecule is O=C(Nc1cc(F)ccc1F)C(=O)N1CCN(c2ccc(F)cc2)CC1. The molecule has 2 aromatic rings. The summed E-state index contributed by atoms with van der Waals surface area (Å²) in [6.07, 6.45) is 0. The average Bonchev–Trinajstić information content (AvgIpc) is 2.65. The van der Waals surface area contributed by atoms with Gasteiger partial charge in [0.05, 0.1) is 5.69 Å². The van der Waals surface area contributed by atoms with Crippen molar-refractivity contribution in [2.24, 2.45) is 0 Å². The van der Waals surface area contributed by atoms with Crippen LogP contribution in [0.4, 0.5) is 24.5 Å². The van der Waals surface area contributed by atoms with Crippen molar-refractivity contribution in [3.8, 4) is 0 Å². The molecule has 5 nitrogen and oxygen atoms in total. The van der Waals surface area contributed by atoms with Crippen molar-refractivity contribution >= 4 is 23.2 Å². The third-order valence-electron chi connectivity index (χ3n) is 4.13. The molecule has 26 heavy (non-hydrogen) atoms. The van der Waals surface area contributed by atoms with Crippen LogP contribution in [0.3, 0.4) is 0 Å². The van der Waals surface area contributed by atoms with E-state index in [0.29, 0.717) is 13.1 Å². The van der Waals surface area contributed by atoms with E-state index in [1.165, 1.54) is 17.0 Å². The minimum absolute atomic E-state index is 0.287. The summed E-state index contributed by atoms with van der Waals surface area (Å²) in [5.74, 6) is -3.71. The highest BCUT2D eigenvalue weighted by molar-refractivity contribution is 6.39. The summed E-state index contributed by atoms with van der Waals surface area (Å²) >= 11 is 0. The van der Waals surface area contributed by atoms with Gasteiger partial charge in [-0.05, 0) is 36.4 Å². The van der Waals surface area contributed by atoms with Crippen molar-refractivity contribution < 1.29 is 22.8 Å². The first-order valence-corrected chi connectivity index (χ1v) is 8.00. The quantitative estimate of drug-likeness (QED) is 0.834. The van der Waals surface area contributed by atoms with Gasteiger partial charge < -0.3 is 15.1 Å². The van der Waals surface area contributed by atoms with Gasteiger partial charge in [-0.2, -0.15) is 0 Å². The van der Waals surface area contributed by atoms with Crippen LogP contribution in [0.5, 0.6) is 0 Å². The van der Waals surface area contributed by atoms with Crippen LogP contribution in [0.2, 0.25) is 0 Å². The fourth-order valence-electron chi connectivity index (χ4n) is 2.73. The second kappa shape index (κ2) is 7.47. The van der Waals surface area contributed by atoms with Crippen molar-refractivity contribution in [3.63, 3.8) is 0 Å². The summed E-state index contributed by atoms with van der Waals surface area (Å²) in [5.41, 5.74) is 0.443. The lowest BCUT2D eigenvalue weighted by molar-refractivity contribution is -0.143. The Bertz CT molecular complexity index is 819. The van der Waals surface area contributed by atoms with Gasteiger partial charge in [-0.3, -0.25) is 9.59 Å². The fourth-order valence-corrected chi connectivity index (χ4v) is 2.73. The van der Waals surface area contributed by atoms with Crippen LogP contribution in [0.15, 0.2) is 42.5 Å². The van der Waals surface area contributed by atoms with Crippen LogP contribution in [0.25, 0.3) is 0 Å². The molecule has 1 N–H and O–H groups in total. The highest BCUT2D eigenvalue weighted by atomic mass is 19.1. The van der Waals surface area contributed by atoms with Crippen LogP contribution in [-0.4, -0.2) is 42.9 Å². The maximum Gasteiger partial charge on any atom is 0.313 e. The normalized spacial score (nSPS) is 14.3. The Morgan fingerprint density at radius 1 is 0.846 bits per heavy atom. The smallest absolute Gasteiger partial charge is 0.313 e. The van der Waals surface area contributed by atoms with E-state index in [1.54, 1.807) is 12.1 Å². The number of nitrogens with one attached hydrogen (secondary N) is 1. The topological polar surface area (TPSA) is 52.7 Å². The summed E-state index contributed by atoms with van der Waals surface area (Å²) < 4.78 is 39.7. The van der Waals surface area contributed by atoms with Gasteiger partial charge in [0.15, 0.2) is 0 Å². The number of hydrogen-bond donors (Lipinski definition) is 1. The molecule has 0 atom stereocenters. The maximum absolute atomic E-state index is 13.6. The van der Waals surface area contributed by atoms with Crippen molar-refractivity contribution in [3.05, 3.63) is 59.9 Å². The molecule has 0 saturated carbocycles. The molecule has 0 aromatic heterocycles. The van der Waals surface area contributed by atoms with Gasteiger partial charge in [0.1, 0.15) is 17.5 Å². The molecule has 2 aromatic carbocycles. The molecule has 0 radical (unpaired) electrons. The number of anilines is 2. The molecule has 1 heterocycles. The molecule has 0 spiro atoms.